The van der Waals surface area contributed by atoms with Crippen molar-refractivity contribution in [2.75, 3.05) is 19.8 Å². The molecule has 0 amide bonds. The Hall–Kier alpha value is 0.797. The fourth-order valence-corrected chi connectivity index (χ4v) is 4.91. The highest BCUT2D eigenvalue weighted by Gasteiger charge is 2.41. The molecule has 0 saturated heterocycles. The van der Waals surface area contributed by atoms with Crippen molar-refractivity contribution in [3.05, 3.63) is 0 Å². The molecule has 0 spiro atoms. The molecule has 104 valence electrons. The third-order valence-electron chi connectivity index (χ3n) is 2.49. The second kappa shape index (κ2) is 8.82. The SMILES string of the molecule is CCO[Si](CCC(S)(S)CC)(OCC)OCC. The molecular formula is C11H26O3S2Si. The highest BCUT2D eigenvalue weighted by molar-refractivity contribution is 8.00. The van der Waals surface area contributed by atoms with Gasteiger partial charge < -0.3 is 13.3 Å². The summed E-state index contributed by atoms with van der Waals surface area (Å²) in [5.41, 5.74) is 0. The second-order valence-electron chi connectivity index (χ2n) is 3.82. The summed E-state index contributed by atoms with van der Waals surface area (Å²) in [6.45, 7) is 9.82. The van der Waals surface area contributed by atoms with Crippen molar-refractivity contribution < 1.29 is 13.3 Å². The van der Waals surface area contributed by atoms with E-state index in [1.165, 1.54) is 0 Å². The summed E-state index contributed by atoms with van der Waals surface area (Å²) in [5, 5.41) is 0. The summed E-state index contributed by atoms with van der Waals surface area (Å²) in [6.07, 6.45) is 1.72. The first kappa shape index (κ1) is 17.8. The summed E-state index contributed by atoms with van der Waals surface area (Å²) in [6, 6.07) is 0.767. The summed E-state index contributed by atoms with van der Waals surface area (Å²) in [4.78, 5) is 0. The van der Waals surface area contributed by atoms with Crippen LogP contribution in [0.4, 0.5) is 0 Å². The van der Waals surface area contributed by atoms with Crippen molar-refractivity contribution in [1.29, 1.82) is 0 Å². The van der Waals surface area contributed by atoms with E-state index in [9.17, 15) is 0 Å². The Kier molecular flexibility index (Phi) is 9.24. The molecule has 0 aromatic heterocycles. The minimum Gasteiger partial charge on any atom is -0.374 e. The van der Waals surface area contributed by atoms with Gasteiger partial charge in [-0.1, -0.05) is 6.92 Å². The summed E-state index contributed by atoms with van der Waals surface area (Å²) < 4.78 is 17.1. The van der Waals surface area contributed by atoms with Gasteiger partial charge in [-0.25, -0.2) is 0 Å². The van der Waals surface area contributed by atoms with Crippen LogP contribution in [-0.4, -0.2) is 32.7 Å². The lowest BCUT2D eigenvalue weighted by atomic mass is 10.2. The van der Waals surface area contributed by atoms with Crippen LogP contribution >= 0.6 is 25.3 Å². The van der Waals surface area contributed by atoms with Crippen LogP contribution in [0.5, 0.6) is 0 Å². The molecule has 0 rings (SSSR count). The van der Waals surface area contributed by atoms with Gasteiger partial charge in [0.05, 0.1) is 4.08 Å². The van der Waals surface area contributed by atoms with E-state index in [2.05, 4.69) is 32.2 Å². The molecule has 0 aliphatic heterocycles. The summed E-state index contributed by atoms with van der Waals surface area (Å²) in [5.74, 6) is 0. The smallest absolute Gasteiger partial charge is 0.374 e. The molecular weight excluding hydrogens is 272 g/mol. The normalized spacial score (nSPS) is 13.1. The average molecular weight is 299 g/mol. The zero-order valence-corrected chi connectivity index (χ0v) is 14.2. The molecule has 0 bridgehead atoms. The van der Waals surface area contributed by atoms with E-state index in [1.807, 2.05) is 20.8 Å². The van der Waals surface area contributed by atoms with Crippen molar-refractivity contribution in [2.45, 2.75) is 50.7 Å². The Morgan fingerprint density at radius 1 is 0.882 bits per heavy atom. The van der Waals surface area contributed by atoms with Crippen LogP contribution in [0.1, 0.15) is 40.5 Å². The fraction of sp³-hybridized carbons (Fsp3) is 1.00. The van der Waals surface area contributed by atoms with Gasteiger partial charge in [-0.05, 0) is 33.6 Å². The van der Waals surface area contributed by atoms with Gasteiger partial charge in [0, 0.05) is 25.9 Å². The van der Waals surface area contributed by atoms with Crippen LogP contribution in [0.2, 0.25) is 6.04 Å². The maximum atomic E-state index is 5.78. The van der Waals surface area contributed by atoms with Gasteiger partial charge in [-0.3, -0.25) is 0 Å². The molecule has 0 aliphatic carbocycles. The maximum absolute atomic E-state index is 5.78. The van der Waals surface area contributed by atoms with Crippen molar-refractivity contribution in [2.24, 2.45) is 0 Å². The largest absolute Gasteiger partial charge is 0.501 e. The molecule has 0 N–H and O–H groups in total. The van der Waals surface area contributed by atoms with E-state index in [4.69, 9.17) is 13.3 Å². The molecule has 0 heterocycles. The van der Waals surface area contributed by atoms with E-state index in [-0.39, 0.29) is 4.08 Å². The van der Waals surface area contributed by atoms with Gasteiger partial charge >= 0.3 is 8.80 Å². The first-order valence-electron chi connectivity index (χ1n) is 6.31. The van der Waals surface area contributed by atoms with Crippen molar-refractivity contribution >= 4 is 34.1 Å². The van der Waals surface area contributed by atoms with Crippen LogP contribution in [0, 0.1) is 0 Å². The molecule has 17 heavy (non-hydrogen) atoms. The molecule has 0 radical (unpaired) electrons. The van der Waals surface area contributed by atoms with Crippen LogP contribution < -0.4 is 0 Å². The predicted molar refractivity (Wildman–Crippen MR) is 81.1 cm³/mol. The van der Waals surface area contributed by atoms with E-state index >= 15 is 0 Å². The van der Waals surface area contributed by atoms with Crippen LogP contribution in [0.3, 0.4) is 0 Å². The molecule has 0 saturated carbocycles. The lowest BCUT2D eigenvalue weighted by molar-refractivity contribution is 0.0706. The van der Waals surface area contributed by atoms with Gasteiger partial charge in [0.15, 0.2) is 0 Å². The van der Waals surface area contributed by atoms with Crippen molar-refractivity contribution in [1.82, 2.24) is 0 Å². The monoisotopic (exact) mass is 298 g/mol. The number of hydrogen-bond acceptors (Lipinski definition) is 5. The molecule has 0 aromatic rings. The molecule has 0 unspecified atom stereocenters. The number of hydrogen-bond donors (Lipinski definition) is 2. The number of thiol groups is 2. The van der Waals surface area contributed by atoms with Crippen LogP contribution in [0.15, 0.2) is 0 Å². The van der Waals surface area contributed by atoms with Gasteiger partial charge in [0.25, 0.3) is 0 Å². The Morgan fingerprint density at radius 2 is 1.29 bits per heavy atom. The van der Waals surface area contributed by atoms with Gasteiger partial charge in [-0.2, -0.15) is 25.3 Å². The maximum Gasteiger partial charge on any atom is 0.501 e. The van der Waals surface area contributed by atoms with E-state index in [0.29, 0.717) is 19.8 Å². The van der Waals surface area contributed by atoms with Crippen LogP contribution in [-0.2, 0) is 13.3 Å². The minimum atomic E-state index is -2.52. The Labute approximate surface area is 118 Å². The third-order valence-corrected chi connectivity index (χ3v) is 6.62. The van der Waals surface area contributed by atoms with Gasteiger partial charge in [0.1, 0.15) is 0 Å². The second-order valence-corrected chi connectivity index (χ2v) is 8.62. The van der Waals surface area contributed by atoms with Crippen molar-refractivity contribution in [3.63, 3.8) is 0 Å². The minimum absolute atomic E-state index is 0.274. The average Bonchev–Trinajstić information content (AvgIpc) is 2.28. The third kappa shape index (κ3) is 7.08. The molecule has 6 heteroatoms. The lowest BCUT2D eigenvalue weighted by Crippen LogP contribution is -2.46. The van der Waals surface area contributed by atoms with E-state index in [1.54, 1.807) is 0 Å². The Morgan fingerprint density at radius 3 is 1.59 bits per heavy atom. The first-order chi connectivity index (χ1) is 7.95. The zero-order chi connectivity index (χ0) is 13.4. The van der Waals surface area contributed by atoms with E-state index < -0.39 is 8.80 Å². The Bertz CT molecular complexity index is 186. The molecule has 3 nitrogen and oxygen atoms in total. The highest BCUT2D eigenvalue weighted by atomic mass is 32.2. The highest BCUT2D eigenvalue weighted by Crippen LogP contribution is 2.33. The van der Waals surface area contributed by atoms with Crippen molar-refractivity contribution in [3.8, 4) is 0 Å². The predicted octanol–water partition coefficient (Wildman–Crippen LogP) is 3.39. The zero-order valence-electron chi connectivity index (χ0n) is 11.4. The fourth-order valence-electron chi connectivity index (χ4n) is 1.53. The standard InChI is InChI=1S/C11H26O3S2Si/c1-5-11(15,16)9-10-17(12-6-2,13-7-3)14-8-4/h15-16H,5-10H2,1-4H3. The molecule has 0 atom stereocenters. The number of rotatable bonds is 10. The van der Waals surface area contributed by atoms with E-state index in [0.717, 1.165) is 18.9 Å². The molecule has 0 fully saturated rings. The molecule has 0 aromatic carbocycles. The summed E-state index contributed by atoms with van der Waals surface area (Å²) in [7, 11) is -2.52. The molecule has 0 aliphatic rings. The first-order valence-corrected chi connectivity index (χ1v) is 9.14. The topological polar surface area (TPSA) is 27.7 Å². The van der Waals surface area contributed by atoms with Gasteiger partial charge in [-0.15, -0.1) is 0 Å². The lowest BCUT2D eigenvalue weighted by Gasteiger charge is -2.31. The van der Waals surface area contributed by atoms with Crippen LogP contribution in [0.25, 0.3) is 0 Å². The summed E-state index contributed by atoms with van der Waals surface area (Å²) >= 11 is 9.05. The quantitative estimate of drug-likeness (QED) is 0.368. The van der Waals surface area contributed by atoms with Gasteiger partial charge in [0.2, 0.25) is 0 Å². The Balaban J connectivity index is 4.53.